The summed E-state index contributed by atoms with van der Waals surface area (Å²) in [5.74, 6) is -3.20. The topological polar surface area (TPSA) is 226 Å². The highest BCUT2D eigenvalue weighted by molar-refractivity contribution is 5.88. The van der Waals surface area contributed by atoms with Gasteiger partial charge >= 0.3 is 0 Å². The van der Waals surface area contributed by atoms with Gasteiger partial charge in [-0.05, 0) is 25.3 Å². The van der Waals surface area contributed by atoms with Gasteiger partial charge in [0, 0.05) is 12.8 Å². The van der Waals surface area contributed by atoms with Gasteiger partial charge in [-0.2, -0.15) is 0 Å². The standard InChI is InChI=1S/C13H25N3O4.C7H14O5/c1-9-6-11(17)13(19,20-7-9)8-16-12(18)10(15)4-2-3-5-14;1-2-4(9)6(11)7(12)5(10)3-8/h9-10,19H,2-8,14-15H2,1H3,(H,16,18);5-8,10-12H,2-3H2,1H3/t9?,10-,13?;5-,6?,7?/m01/s1. The Balaban J connectivity index is 0.000000687. The summed E-state index contributed by atoms with van der Waals surface area (Å²) < 4.78 is 5.15. The van der Waals surface area contributed by atoms with Gasteiger partial charge in [-0.15, -0.1) is 0 Å². The van der Waals surface area contributed by atoms with Crippen molar-refractivity contribution < 1.29 is 44.7 Å². The zero-order chi connectivity index (χ0) is 24.9. The molecule has 1 aliphatic rings. The van der Waals surface area contributed by atoms with Gasteiger partial charge in [-0.3, -0.25) is 14.4 Å². The zero-order valence-electron chi connectivity index (χ0n) is 18.8. The van der Waals surface area contributed by atoms with E-state index in [1.165, 1.54) is 6.92 Å². The van der Waals surface area contributed by atoms with Crippen LogP contribution in [0.1, 0.15) is 46.0 Å². The number of aliphatic hydroxyl groups is 5. The molecule has 1 aliphatic heterocycles. The lowest BCUT2D eigenvalue weighted by atomic mass is 9.96. The lowest BCUT2D eigenvalue weighted by Gasteiger charge is -2.33. The summed E-state index contributed by atoms with van der Waals surface area (Å²) in [6.45, 7) is 3.31. The quantitative estimate of drug-likeness (QED) is 0.135. The normalized spacial score (nSPS) is 24.5. The molecule has 1 saturated heterocycles. The number of Topliss-reactive ketones (excluding diaryl/α,β-unsaturated/α-hetero) is 2. The molecule has 1 fully saturated rings. The predicted molar refractivity (Wildman–Crippen MR) is 114 cm³/mol. The molecule has 6 atom stereocenters. The third-order valence-corrected chi connectivity index (χ3v) is 4.97. The van der Waals surface area contributed by atoms with Crippen LogP contribution in [0.4, 0.5) is 0 Å². The number of hydrogen-bond donors (Lipinski definition) is 8. The predicted octanol–water partition coefficient (Wildman–Crippen LogP) is -3.09. The average Bonchev–Trinajstić information content (AvgIpc) is 2.78. The van der Waals surface area contributed by atoms with Gasteiger partial charge in [0.25, 0.3) is 0 Å². The molecule has 0 aromatic rings. The molecule has 4 unspecified atom stereocenters. The second-order valence-electron chi connectivity index (χ2n) is 7.94. The number of hydrogen-bond acceptors (Lipinski definition) is 11. The number of ether oxygens (including phenoxy) is 1. The first-order valence-electron chi connectivity index (χ1n) is 10.7. The highest BCUT2D eigenvalue weighted by Gasteiger charge is 2.41. The van der Waals surface area contributed by atoms with E-state index < -0.39 is 54.2 Å². The van der Waals surface area contributed by atoms with Crippen LogP contribution in [-0.2, 0) is 19.1 Å². The molecule has 10 N–H and O–H groups in total. The van der Waals surface area contributed by atoms with Crippen molar-refractivity contribution in [1.29, 1.82) is 0 Å². The van der Waals surface area contributed by atoms with E-state index in [0.29, 0.717) is 19.6 Å². The van der Waals surface area contributed by atoms with E-state index in [9.17, 15) is 19.5 Å². The number of rotatable bonds is 12. The molecule has 0 aromatic heterocycles. The molecule has 0 aromatic carbocycles. The van der Waals surface area contributed by atoms with Crippen molar-refractivity contribution >= 4 is 17.5 Å². The molecule has 12 nitrogen and oxygen atoms in total. The molecule has 0 aliphatic carbocycles. The number of carbonyl (C=O) groups excluding carboxylic acids is 3. The molecule has 188 valence electrons. The largest absolute Gasteiger partial charge is 0.394 e. The third kappa shape index (κ3) is 10.4. The van der Waals surface area contributed by atoms with E-state index in [0.717, 1.165) is 12.8 Å². The summed E-state index contributed by atoms with van der Waals surface area (Å²) in [6.07, 6.45) is -2.28. The van der Waals surface area contributed by atoms with Crippen molar-refractivity contribution in [2.24, 2.45) is 17.4 Å². The van der Waals surface area contributed by atoms with Crippen LogP contribution in [0.2, 0.25) is 0 Å². The van der Waals surface area contributed by atoms with Crippen molar-refractivity contribution in [3.05, 3.63) is 0 Å². The van der Waals surface area contributed by atoms with Crippen LogP contribution in [0.15, 0.2) is 0 Å². The highest BCUT2D eigenvalue weighted by Crippen LogP contribution is 2.22. The zero-order valence-corrected chi connectivity index (χ0v) is 18.8. The third-order valence-electron chi connectivity index (χ3n) is 4.97. The van der Waals surface area contributed by atoms with E-state index in [2.05, 4.69) is 5.32 Å². The van der Waals surface area contributed by atoms with Gasteiger partial charge < -0.3 is 47.1 Å². The van der Waals surface area contributed by atoms with E-state index in [1.54, 1.807) is 0 Å². The minimum absolute atomic E-state index is 0.0797. The van der Waals surface area contributed by atoms with Crippen molar-refractivity contribution in [2.75, 3.05) is 26.3 Å². The fourth-order valence-electron chi connectivity index (χ4n) is 2.74. The van der Waals surface area contributed by atoms with Gasteiger partial charge in [-0.1, -0.05) is 20.3 Å². The molecule has 1 amide bonds. The van der Waals surface area contributed by atoms with E-state index in [1.807, 2.05) is 6.92 Å². The molecule has 12 heteroatoms. The molecule has 0 radical (unpaired) electrons. The lowest BCUT2D eigenvalue weighted by Crippen LogP contribution is -2.56. The SMILES string of the molecule is CC1COC(O)(CNC(=O)[C@@H](N)CCCCN)C(=O)C1.CCC(=O)C(O)C(O)[C@H](O)CO. The van der Waals surface area contributed by atoms with Crippen LogP contribution in [0, 0.1) is 5.92 Å². The summed E-state index contributed by atoms with van der Waals surface area (Å²) in [5.41, 5.74) is 11.1. The van der Waals surface area contributed by atoms with Gasteiger partial charge in [0.1, 0.15) is 18.3 Å². The molecule has 1 rings (SSSR count). The Morgan fingerprint density at radius 3 is 2.41 bits per heavy atom. The number of amides is 1. The van der Waals surface area contributed by atoms with E-state index in [-0.39, 0.29) is 25.3 Å². The van der Waals surface area contributed by atoms with Crippen LogP contribution >= 0.6 is 0 Å². The second-order valence-corrected chi connectivity index (χ2v) is 7.94. The average molecular weight is 466 g/mol. The molecule has 0 spiro atoms. The van der Waals surface area contributed by atoms with Crippen molar-refractivity contribution in [3.8, 4) is 0 Å². The number of carbonyl (C=O) groups is 3. The first-order valence-corrected chi connectivity index (χ1v) is 10.7. The number of aliphatic hydroxyl groups excluding tert-OH is 4. The van der Waals surface area contributed by atoms with Crippen LogP contribution in [-0.4, -0.2) is 99.5 Å². The maximum absolute atomic E-state index is 11.7. The molecule has 32 heavy (non-hydrogen) atoms. The number of nitrogens with one attached hydrogen (secondary N) is 1. The Morgan fingerprint density at radius 2 is 1.91 bits per heavy atom. The van der Waals surface area contributed by atoms with Crippen LogP contribution in [0.25, 0.3) is 0 Å². The summed E-state index contributed by atoms with van der Waals surface area (Å²) in [4.78, 5) is 34.3. The molecule has 1 heterocycles. The first kappa shape index (κ1) is 30.5. The maximum Gasteiger partial charge on any atom is 0.244 e. The summed E-state index contributed by atoms with van der Waals surface area (Å²) in [6, 6.07) is -0.664. The minimum Gasteiger partial charge on any atom is -0.394 e. The smallest absolute Gasteiger partial charge is 0.244 e. The Hall–Kier alpha value is -1.51. The summed E-state index contributed by atoms with van der Waals surface area (Å²) in [7, 11) is 0. The fourth-order valence-corrected chi connectivity index (χ4v) is 2.74. The van der Waals surface area contributed by atoms with E-state index >= 15 is 0 Å². The van der Waals surface area contributed by atoms with Gasteiger partial charge in [0.15, 0.2) is 11.6 Å². The number of ketones is 2. The van der Waals surface area contributed by atoms with Gasteiger partial charge in [0.05, 0.1) is 25.8 Å². The van der Waals surface area contributed by atoms with Crippen molar-refractivity contribution in [3.63, 3.8) is 0 Å². The summed E-state index contributed by atoms with van der Waals surface area (Å²) in [5, 5.41) is 47.8. The second kappa shape index (κ2) is 15.3. The molecular weight excluding hydrogens is 426 g/mol. The summed E-state index contributed by atoms with van der Waals surface area (Å²) >= 11 is 0. The molecule has 0 bridgehead atoms. The maximum atomic E-state index is 11.7. The first-order chi connectivity index (χ1) is 14.9. The van der Waals surface area contributed by atoms with Crippen LogP contribution in [0.5, 0.6) is 0 Å². The lowest BCUT2D eigenvalue weighted by molar-refractivity contribution is -0.219. The Morgan fingerprint density at radius 1 is 1.28 bits per heavy atom. The van der Waals surface area contributed by atoms with E-state index in [4.69, 9.17) is 36.6 Å². The molecule has 0 saturated carbocycles. The Labute approximate surface area is 187 Å². The minimum atomic E-state index is -1.92. The van der Waals surface area contributed by atoms with Crippen LogP contribution < -0.4 is 16.8 Å². The van der Waals surface area contributed by atoms with Crippen molar-refractivity contribution in [1.82, 2.24) is 5.32 Å². The number of unbranched alkanes of at least 4 members (excludes halogenated alkanes) is 1. The monoisotopic (exact) mass is 465 g/mol. The van der Waals surface area contributed by atoms with Crippen LogP contribution in [0.3, 0.4) is 0 Å². The Kier molecular flexibility index (Phi) is 14.6. The Bertz CT molecular complexity index is 593. The van der Waals surface area contributed by atoms with Crippen molar-refractivity contribution in [2.45, 2.75) is 76.1 Å². The molecular formula is C20H39N3O9. The number of nitrogens with two attached hydrogens (primary N) is 2. The fraction of sp³-hybridized carbons (Fsp3) is 0.850. The van der Waals surface area contributed by atoms with Gasteiger partial charge in [-0.25, -0.2) is 0 Å². The highest BCUT2D eigenvalue weighted by atomic mass is 16.6. The van der Waals surface area contributed by atoms with Gasteiger partial charge in [0.2, 0.25) is 11.7 Å².